The molecule has 9 nitrogen and oxygen atoms in total. The van der Waals surface area contributed by atoms with Gasteiger partial charge in [0.05, 0.1) is 25.1 Å². The van der Waals surface area contributed by atoms with E-state index in [1.165, 1.54) is 24.3 Å². The van der Waals surface area contributed by atoms with Gasteiger partial charge in [0.1, 0.15) is 6.04 Å². The molecule has 0 bridgehead atoms. The molecular formula is C38H43F3N6O3. The molecule has 0 spiro atoms. The summed E-state index contributed by atoms with van der Waals surface area (Å²) in [4.78, 5) is 43.1. The maximum atomic E-state index is 14.3. The number of carbonyl (C=O) groups excluding carboxylic acids is 2. The Morgan fingerprint density at radius 1 is 0.920 bits per heavy atom. The van der Waals surface area contributed by atoms with Crippen LogP contribution in [-0.2, 0) is 40.0 Å². The van der Waals surface area contributed by atoms with E-state index in [9.17, 15) is 22.8 Å². The molecule has 2 heterocycles. The molecule has 264 valence electrons. The van der Waals surface area contributed by atoms with Gasteiger partial charge in [0.25, 0.3) is 0 Å². The highest BCUT2D eigenvalue weighted by Crippen LogP contribution is 2.29. The van der Waals surface area contributed by atoms with Crippen molar-refractivity contribution >= 4 is 23.6 Å². The first-order chi connectivity index (χ1) is 24.1. The van der Waals surface area contributed by atoms with Crippen LogP contribution in [0.25, 0.3) is 6.08 Å². The van der Waals surface area contributed by atoms with Crippen LogP contribution in [0.1, 0.15) is 27.9 Å². The highest BCUT2D eigenvalue weighted by atomic mass is 19.4. The minimum atomic E-state index is -4.46. The standard InChI is InChI=1S/C38H43F3N6O3/c1-44(27-33-25-42-28-43-33)18-19-45(2)37(49)35(24-30-6-4-3-5-7-30)47(26-31-10-15-34(16-11-31)46-20-22-50-23-21-46)36(48)17-12-29-8-13-32(14-9-29)38(39,40)41/h3-17,25,28,35H,18-24,26-27H2,1-2H3,(H,42,43). The smallest absolute Gasteiger partial charge is 0.378 e. The summed E-state index contributed by atoms with van der Waals surface area (Å²) in [7, 11) is 3.70. The molecule has 2 amide bonds. The van der Waals surface area contributed by atoms with E-state index < -0.39 is 23.7 Å². The Balaban J connectivity index is 1.41. The number of H-pyrrole nitrogens is 1. The van der Waals surface area contributed by atoms with Gasteiger partial charge in [-0.3, -0.25) is 14.5 Å². The first-order valence-corrected chi connectivity index (χ1v) is 16.6. The number of hydrogen-bond acceptors (Lipinski definition) is 6. The van der Waals surface area contributed by atoms with Crippen molar-refractivity contribution < 1.29 is 27.5 Å². The molecule has 0 aliphatic carbocycles. The molecule has 0 radical (unpaired) electrons. The number of hydrogen-bond donors (Lipinski definition) is 1. The van der Waals surface area contributed by atoms with E-state index in [1.54, 1.807) is 29.4 Å². The second-order valence-electron chi connectivity index (χ2n) is 12.5. The third kappa shape index (κ3) is 10.3. The van der Waals surface area contributed by atoms with Gasteiger partial charge in [-0.25, -0.2) is 4.98 Å². The Hall–Kier alpha value is -4.94. The number of alkyl halides is 3. The Morgan fingerprint density at radius 2 is 1.62 bits per heavy atom. The predicted octanol–water partition coefficient (Wildman–Crippen LogP) is 5.51. The lowest BCUT2D eigenvalue weighted by molar-refractivity contribution is -0.143. The zero-order valence-corrected chi connectivity index (χ0v) is 28.4. The van der Waals surface area contributed by atoms with Gasteiger partial charge in [0, 0.05) is 76.4 Å². The van der Waals surface area contributed by atoms with Crippen LogP contribution >= 0.6 is 0 Å². The number of benzene rings is 3. The van der Waals surface area contributed by atoms with Gasteiger partial charge in [0.2, 0.25) is 11.8 Å². The largest absolute Gasteiger partial charge is 0.416 e. The number of rotatable bonds is 14. The van der Waals surface area contributed by atoms with Gasteiger partial charge in [-0.2, -0.15) is 13.2 Å². The number of amides is 2. The lowest BCUT2D eigenvalue weighted by atomic mass is 10.0. The van der Waals surface area contributed by atoms with Crippen molar-refractivity contribution in [1.29, 1.82) is 0 Å². The number of carbonyl (C=O) groups is 2. The van der Waals surface area contributed by atoms with Crippen LogP contribution < -0.4 is 4.90 Å². The molecule has 1 fully saturated rings. The molecule has 1 aliphatic heterocycles. The summed E-state index contributed by atoms with van der Waals surface area (Å²) in [6.07, 6.45) is 2.01. The summed E-state index contributed by atoms with van der Waals surface area (Å²) in [5.74, 6) is -0.647. The van der Waals surface area contributed by atoms with E-state index in [4.69, 9.17) is 4.74 Å². The lowest BCUT2D eigenvalue weighted by Crippen LogP contribution is -2.51. The van der Waals surface area contributed by atoms with Gasteiger partial charge in [-0.15, -0.1) is 0 Å². The summed E-state index contributed by atoms with van der Waals surface area (Å²) in [5.41, 5.74) is 3.40. The molecule has 4 aromatic rings. The van der Waals surface area contributed by atoms with Crippen LogP contribution in [-0.4, -0.2) is 96.0 Å². The van der Waals surface area contributed by atoms with E-state index in [-0.39, 0.29) is 18.9 Å². The van der Waals surface area contributed by atoms with Crippen LogP contribution in [0.3, 0.4) is 0 Å². The van der Waals surface area contributed by atoms with Gasteiger partial charge in [-0.1, -0.05) is 54.6 Å². The Bertz CT molecular complexity index is 1670. The molecular weight excluding hydrogens is 645 g/mol. The zero-order valence-electron chi connectivity index (χ0n) is 28.4. The molecule has 1 atom stereocenters. The molecule has 12 heteroatoms. The number of aromatic amines is 1. The van der Waals surface area contributed by atoms with Crippen LogP contribution in [0, 0.1) is 0 Å². The quantitative estimate of drug-likeness (QED) is 0.176. The van der Waals surface area contributed by atoms with E-state index in [0.717, 1.165) is 47.7 Å². The monoisotopic (exact) mass is 688 g/mol. The first-order valence-electron chi connectivity index (χ1n) is 16.6. The summed E-state index contributed by atoms with van der Waals surface area (Å²) < 4.78 is 44.9. The summed E-state index contributed by atoms with van der Waals surface area (Å²) >= 11 is 0. The van der Waals surface area contributed by atoms with Crippen molar-refractivity contribution in [3.8, 4) is 0 Å². The highest BCUT2D eigenvalue weighted by Gasteiger charge is 2.32. The SMILES string of the molecule is CN(CCN(C)C(=O)C(Cc1ccccc1)N(Cc1ccc(N2CCOCC2)cc1)C(=O)C=Cc1ccc(C(F)(F)F)cc1)Cc1cnc[nH]1. The third-order valence-corrected chi connectivity index (χ3v) is 8.73. The van der Waals surface area contributed by atoms with Crippen molar-refractivity contribution in [1.82, 2.24) is 24.7 Å². The van der Waals surface area contributed by atoms with Gasteiger partial charge in [-0.05, 0) is 54.1 Å². The number of likely N-dealkylation sites (N-methyl/N-ethyl adjacent to an activating group) is 2. The average Bonchev–Trinajstić information content (AvgIpc) is 3.64. The second-order valence-corrected chi connectivity index (χ2v) is 12.5. The number of halogens is 3. The predicted molar refractivity (Wildman–Crippen MR) is 187 cm³/mol. The topological polar surface area (TPSA) is 85.0 Å². The summed E-state index contributed by atoms with van der Waals surface area (Å²) in [6.45, 7) is 4.68. The lowest BCUT2D eigenvalue weighted by Gasteiger charge is -2.34. The van der Waals surface area contributed by atoms with E-state index in [0.29, 0.717) is 38.4 Å². The van der Waals surface area contributed by atoms with Crippen LogP contribution in [0.5, 0.6) is 0 Å². The second kappa shape index (κ2) is 17.1. The number of anilines is 1. The molecule has 3 aromatic carbocycles. The van der Waals surface area contributed by atoms with Crippen LogP contribution in [0.15, 0.2) is 97.5 Å². The molecule has 5 rings (SSSR count). The fourth-order valence-corrected chi connectivity index (χ4v) is 5.81. The van der Waals surface area contributed by atoms with Gasteiger partial charge in [0.15, 0.2) is 0 Å². The number of nitrogens with zero attached hydrogens (tertiary/aromatic N) is 5. The minimum absolute atomic E-state index is 0.149. The number of nitrogens with one attached hydrogen (secondary N) is 1. The molecule has 1 aromatic heterocycles. The van der Waals surface area contributed by atoms with Crippen LogP contribution in [0.4, 0.5) is 18.9 Å². The van der Waals surface area contributed by atoms with E-state index in [1.807, 2.05) is 61.6 Å². The number of aromatic nitrogens is 2. The maximum Gasteiger partial charge on any atom is 0.416 e. The summed E-state index contributed by atoms with van der Waals surface area (Å²) in [5, 5.41) is 0. The van der Waals surface area contributed by atoms with Crippen molar-refractivity contribution in [2.45, 2.75) is 31.7 Å². The molecule has 1 aliphatic rings. The number of morpholine rings is 1. The number of imidazole rings is 1. The van der Waals surface area contributed by atoms with Gasteiger partial charge < -0.3 is 24.4 Å². The van der Waals surface area contributed by atoms with E-state index >= 15 is 0 Å². The third-order valence-electron chi connectivity index (χ3n) is 8.73. The maximum absolute atomic E-state index is 14.3. The first kappa shape index (κ1) is 36.3. The van der Waals surface area contributed by atoms with Crippen LogP contribution in [0.2, 0.25) is 0 Å². The van der Waals surface area contributed by atoms with Crippen molar-refractivity contribution in [2.75, 3.05) is 58.4 Å². The molecule has 1 saturated heterocycles. The van der Waals surface area contributed by atoms with Crippen molar-refractivity contribution in [3.05, 3.63) is 125 Å². The molecule has 50 heavy (non-hydrogen) atoms. The molecule has 1 unspecified atom stereocenters. The van der Waals surface area contributed by atoms with Crippen molar-refractivity contribution in [2.24, 2.45) is 0 Å². The van der Waals surface area contributed by atoms with Gasteiger partial charge >= 0.3 is 6.18 Å². The zero-order chi connectivity index (χ0) is 35.5. The Kier molecular flexibility index (Phi) is 12.5. The molecule has 0 saturated carbocycles. The Morgan fingerprint density at radius 3 is 2.26 bits per heavy atom. The minimum Gasteiger partial charge on any atom is -0.378 e. The average molecular weight is 689 g/mol. The van der Waals surface area contributed by atoms with Crippen molar-refractivity contribution in [3.63, 3.8) is 0 Å². The fraction of sp³-hybridized carbons (Fsp3) is 0.342. The number of ether oxygens (including phenoxy) is 1. The van der Waals surface area contributed by atoms with E-state index in [2.05, 4.69) is 19.8 Å². The Labute approximate surface area is 291 Å². The fourth-order valence-electron chi connectivity index (χ4n) is 5.81. The molecule has 1 N–H and O–H groups in total. The highest BCUT2D eigenvalue weighted by molar-refractivity contribution is 5.95. The summed E-state index contributed by atoms with van der Waals surface area (Å²) in [6, 6.07) is 21.2. The normalized spacial score (nSPS) is 14.2.